The number of nitrogens with zero attached hydrogens (tertiary/aromatic N) is 22. The fourth-order valence-corrected chi connectivity index (χ4v) is 25.3. The van der Waals surface area contributed by atoms with E-state index >= 15 is 0 Å². The van der Waals surface area contributed by atoms with Gasteiger partial charge in [0.15, 0.2) is 0 Å². The van der Waals surface area contributed by atoms with Crippen molar-refractivity contribution in [1.29, 1.82) is 0 Å². The molecule has 140 heavy (non-hydrogen) atoms. The fraction of sp³-hybridized carbons (Fsp3) is 0.356. The van der Waals surface area contributed by atoms with Crippen LogP contribution in [0.3, 0.4) is 0 Å². The smallest absolute Gasteiger partial charge is 0.264 e. The van der Waals surface area contributed by atoms with Crippen LogP contribution >= 0.6 is 11.6 Å². The summed E-state index contributed by atoms with van der Waals surface area (Å²) in [5.74, 6) is -3.54. The van der Waals surface area contributed by atoms with Crippen LogP contribution < -0.4 is 0 Å². The molecule has 4 saturated carbocycles. The predicted molar refractivity (Wildman–Crippen MR) is 499 cm³/mol. The maximum Gasteiger partial charge on any atom is 0.264 e. The molecular weight excluding hydrogens is 1870 g/mol. The van der Waals surface area contributed by atoms with Crippen LogP contribution in [0.15, 0.2) is 183 Å². The third-order valence-electron chi connectivity index (χ3n) is 31.0. The molecule has 15 aromatic rings. The molecule has 4 fully saturated rings. The zero-order chi connectivity index (χ0) is 98.5. The molecule has 0 aliphatic heterocycles. The summed E-state index contributed by atoms with van der Waals surface area (Å²) in [4.78, 5) is 36.5. The summed E-state index contributed by atoms with van der Waals surface area (Å²) in [6.45, 7) is 17.5. The van der Waals surface area contributed by atoms with Gasteiger partial charge in [-0.25, -0.2) is 97.5 Å². The SMILES string of the molecule is CC1(C)[C@H]2CC[C@]1(c1ccnc(-n3ccc(CCO)n3)n1)c1nnc(-c3c(F)cccc3F)cc12.CC1(C)[C@H]2CC[C@]1(c1ccnc(-n3ccc(CCOS(C)(=O)=O)n3)n1)c1nnc(-c3c(F)cccc3F)cc12.CC1(C)[C@H]2CC[C@]1(c1ccnc(-n3ccc(CCS(C)(=O)=O)n3)n1)c1nnc(-c3c(F)cccc3F)cc12.CC1(C)[C@H]2CC[C@]1(c1ccnc(Cl)n1)c1nnc(-c3c(F)cccc3F)cc12. The van der Waals surface area contributed by atoms with E-state index in [1.165, 1.54) is 79.1 Å². The van der Waals surface area contributed by atoms with Gasteiger partial charge >= 0.3 is 0 Å². The number of rotatable bonds is 20. The van der Waals surface area contributed by atoms with E-state index in [4.69, 9.17) is 30.7 Å². The second-order valence-corrected chi connectivity index (χ2v) is 43.5. The second-order valence-electron chi connectivity index (χ2n) is 39.2. The minimum Gasteiger partial charge on any atom is -0.396 e. The number of aliphatic hydroxyl groups excluding tert-OH is 1. The minimum atomic E-state index is -3.53. The summed E-state index contributed by atoms with van der Waals surface area (Å²) in [5, 5.41) is 58.1. The van der Waals surface area contributed by atoms with Crippen molar-refractivity contribution in [2.24, 2.45) is 21.7 Å². The minimum absolute atomic E-state index is 0.0103. The van der Waals surface area contributed by atoms with E-state index in [1.807, 2.05) is 30.3 Å². The van der Waals surface area contributed by atoms with E-state index < -0.39 is 88.2 Å². The lowest BCUT2D eigenvalue weighted by Gasteiger charge is -2.37. The average Bonchev–Trinajstić information content (AvgIpc) is 1.53. The average molecular weight is 1960 g/mol. The van der Waals surface area contributed by atoms with Crippen molar-refractivity contribution < 1.29 is 61.2 Å². The highest BCUT2D eigenvalue weighted by atomic mass is 35.5. The fourth-order valence-electron chi connectivity index (χ4n) is 24.2. The Hall–Kier alpha value is -13.3. The molecule has 8 atom stereocenters. The number of hydrogen-bond acceptors (Lipinski definition) is 25. The number of sulfone groups is 1. The summed E-state index contributed by atoms with van der Waals surface area (Å²) in [6.07, 6.45) is 22.1. The van der Waals surface area contributed by atoms with Crippen LogP contribution in [-0.2, 0) is 65.1 Å². The van der Waals surface area contributed by atoms with Crippen molar-refractivity contribution in [1.82, 2.24) is 110 Å². The maximum absolute atomic E-state index is 14.5. The Bertz CT molecular complexity index is 7670. The molecule has 718 valence electrons. The van der Waals surface area contributed by atoms with Crippen molar-refractivity contribution >= 4 is 31.6 Å². The Morgan fingerprint density at radius 3 is 0.914 bits per heavy atom. The maximum atomic E-state index is 14.5. The van der Waals surface area contributed by atoms with Crippen LogP contribution in [-0.4, -0.2) is 163 Å². The Labute approximate surface area is 805 Å². The van der Waals surface area contributed by atoms with Gasteiger partial charge in [-0.15, -0.1) is 20.4 Å². The lowest BCUT2D eigenvalue weighted by atomic mass is 9.66. The van der Waals surface area contributed by atoms with E-state index in [2.05, 4.69) is 136 Å². The molecule has 8 aliphatic carbocycles. The molecular formula is C101H93ClF8N22O6S2. The van der Waals surface area contributed by atoms with Crippen LogP contribution in [0, 0.1) is 68.2 Å². The predicted octanol–water partition coefficient (Wildman–Crippen LogP) is 17.5. The molecule has 8 aliphatic rings. The van der Waals surface area contributed by atoms with E-state index in [-0.39, 0.29) is 115 Å². The molecule has 8 bridgehead atoms. The van der Waals surface area contributed by atoms with Crippen LogP contribution in [0.1, 0.15) is 215 Å². The molecule has 11 heterocycles. The van der Waals surface area contributed by atoms with Crippen LogP contribution in [0.25, 0.3) is 62.9 Å². The molecule has 0 unspecified atom stereocenters. The number of hydrogen-bond donors (Lipinski definition) is 1. The Kier molecular flexibility index (Phi) is 23.5. The summed E-state index contributed by atoms with van der Waals surface area (Å²) in [5.41, 5.74) is 9.28. The van der Waals surface area contributed by atoms with Gasteiger partial charge in [-0.1, -0.05) is 79.7 Å². The third kappa shape index (κ3) is 15.3. The molecule has 4 aromatic carbocycles. The summed E-state index contributed by atoms with van der Waals surface area (Å²) in [7, 11) is -6.63. The summed E-state index contributed by atoms with van der Waals surface area (Å²) in [6, 6.07) is 35.2. The van der Waals surface area contributed by atoms with Crippen molar-refractivity contribution in [2.75, 3.05) is 31.5 Å². The molecule has 0 radical (unpaired) electrons. The number of halogens is 9. The van der Waals surface area contributed by atoms with E-state index in [9.17, 15) is 57.1 Å². The zero-order valence-corrected chi connectivity index (χ0v) is 80.0. The number of benzene rings is 4. The molecule has 0 amide bonds. The highest BCUT2D eigenvalue weighted by Crippen LogP contribution is 2.74. The van der Waals surface area contributed by atoms with E-state index in [1.54, 1.807) is 93.8 Å². The lowest BCUT2D eigenvalue weighted by Crippen LogP contribution is -2.38. The number of aromatic nitrogens is 22. The van der Waals surface area contributed by atoms with Crippen LogP contribution in [0.4, 0.5) is 35.1 Å². The number of fused-ring (bicyclic) bond motifs is 20. The van der Waals surface area contributed by atoms with Crippen molar-refractivity contribution in [3.63, 3.8) is 0 Å². The Balaban J connectivity index is 0.000000115. The van der Waals surface area contributed by atoms with Crippen LogP contribution in [0.2, 0.25) is 5.28 Å². The topological polar surface area (TPSA) is 357 Å². The molecule has 39 heteroatoms. The van der Waals surface area contributed by atoms with E-state index in [0.717, 1.165) is 131 Å². The molecule has 28 nitrogen and oxygen atoms in total. The lowest BCUT2D eigenvalue weighted by molar-refractivity contribution is 0.242. The number of aryl methyl sites for hydroxylation is 1. The largest absolute Gasteiger partial charge is 0.396 e. The van der Waals surface area contributed by atoms with Gasteiger partial charge in [0.1, 0.15) is 56.4 Å². The molecule has 11 aromatic heterocycles. The van der Waals surface area contributed by atoms with Gasteiger partial charge in [0.05, 0.1) is 148 Å². The van der Waals surface area contributed by atoms with Gasteiger partial charge in [0.2, 0.25) is 5.28 Å². The standard InChI is InChI=1S/C27H26F2N6O3S.C27H26F2N6O2S.C26H24F2N6O.C21H17ClF2N4/c1-26(2)18-7-11-27(26,24-17(18)15-21(32-33-24)23-19(28)5-4-6-20(23)29)22-8-12-30-25(31-22)35-13-9-16(34-35)10-14-38-39(3,36)37;1-26(2)18-7-11-27(26,24-17(18)15-21(32-33-24)23-19(28)5-4-6-20(23)29)22-8-12-30-25(31-22)35-13-9-16(34-35)10-14-38(3,36)37;1-25(2)17-6-10-26(25,21-7-11-29-24(30-21)34-12-8-15(33-34)9-13-35)23-16(17)14-20(31-32-23)22-18(27)4-3-5-19(22)28;1-20(2)12-6-8-21(20,16-7-9-25-19(22)26-16)18-11(12)10-15(27-28-18)17-13(23)4-3-5-14(17)24/h4-6,8-9,12-13,15,18H,7,10-11,14H2,1-3H3;4-6,8-9,12-13,15,18H,7,10-11,14H2,1-3H3;3-5,7-8,11-12,14,17,35H,6,9-10,13H2,1-2H3;3-5,7,9-10,12H,6,8H2,1-2H3/t2*18-,27-;17-,26-;12-,21-/m0000/s1. The second kappa shape index (κ2) is 34.9. The van der Waals surface area contributed by atoms with Crippen molar-refractivity contribution in [3.05, 3.63) is 320 Å². The molecule has 23 rings (SSSR count). The van der Waals surface area contributed by atoms with E-state index in [0.29, 0.717) is 48.5 Å². The van der Waals surface area contributed by atoms with Gasteiger partial charge in [-0.05, 0) is 246 Å². The van der Waals surface area contributed by atoms with Crippen molar-refractivity contribution in [3.8, 4) is 62.9 Å². The summed E-state index contributed by atoms with van der Waals surface area (Å²) >= 11 is 6.07. The van der Waals surface area contributed by atoms with Crippen LogP contribution in [0.5, 0.6) is 0 Å². The van der Waals surface area contributed by atoms with Gasteiger partial charge in [0.25, 0.3) is 28.0 Å². The highest BCUT2D eigenvalue weighted by molar-refractivity contribution is 7.90. The summed E-state index contributed by atoms with van der Waals surface area (Å²) < 4.78 is 171. The Morgan fingerprint density at radius 1 is 0.371 bits per heavy atom. The number of aliphatic hydroxyl groups is 1. The van der Waals surface area contributed by atoms with Gasteiger partial charge in [0, 0.05) is 75.5 Å². The first-order valence-corrected chi connectivity index (χ1v) is 50.1. The molecule has 0 spiro atoms. The first-order valence-electron chi connectivity index (χ1n) is 45.8. The molecule has 0 saturated heterocycles. The van der Waals surface area contributed by atoms with Crippen molar-refractivity contribution in [2.45, 2.75) is 171 Å². The first kappa shape index (κ1) is 94.3. The quantitative estimate of drug-likeness (QED) is 0.0421. The third-order valence-corrected chi connectivity index (χ3v) is 32.7. The zero-order valence-electron chi connectivity index (χ0n) is 77.6. The molecule has 1 N–H and O–H groups in total. The van der Waals surface area contributed by atoms with Gasteiger partial charge in [-0.3, -0.25) is 4.18 Å². The van der Waals surface area contributed by atoms with Gasteiger partial charge < -0.3 is 5.11 Å². The monoisotopic (exact) mass is 1960 g/mol. The van der Waals surface area contributed by atoms with Gasteiger partial charge in [-0.2, -0.15) is 44.1 Å². The highest BCUT2D eigenvalue weighted by Gasteiger charge is 2.69. The normalized spacial score (nSPS) is 22.1. The first-order chi connectivity index (χ1) is 66.7. The Morgan fingerprint density at radius 2 is 0.643 bits per heavy atom.